The Morgan fingerprint density at radius 2 is 2.17 bits per heavy atom. The summed E-state index contributed by atoms with van der Waals surface area (Å²) in [5, 5.41) is 15.6. The average Bonchev–Trinajstić information content (AvgIpc) is 3.41. The van der Waals surface area contributed by atoms with Gasteiger partial charge in [-0.1, -0.05) is 6.07 Å². The van der Waals surface area contributed by atoms with E-state index in [-0.39, 0.29) is 5.92 Å². The molecule has 24 heavy (non-hydrogen) atoms. The first kappa shape index (κ1) is 13.9. The van der Waals surface area contributed by atoms with Crippen LogP contribution in [0, 0.1) is 0 Å². The van der Waals surface area contributed by atoms with Gasteiger partial charge < -0.3 is 4.74 Å². The number of aromatic amines is 1. The van der Waals surface area contributed by atoms with Gasteiger partial charge in [-0.05, 0) is 48.9 Å². The number of H-pyrrole nitrogens is 1. The van der Waals surface area contributed by atoms with E-state index >= 15 is 0 Å². The zero-order valence-electron chi connectivity index (χ0n) is 13.3. The minimum atomic E-state index is 0.256. The summed E-state index contributed by atoms with van der Waals surface area (Å²) in [4.78, 5) is 4.75. The lowest BCUT2D eigenvalue weighted by Gasteiger charge is -2.07. The van der Waals surface area contributed by atoms with E-state index in [2.05, 4.69) is 33.6 Å². The van der Waals surface area contributed by atoms with E-state index in [9.17, 15) is 0 Å². The van der Waals surface area contributed by atoms with E-state index in [0.717, 1.165) is 36.8 Å². The van der Waals surface area contributed by atoms with Gasteiger partial charge in [-0.2, -0.15) is 20.5 Å². The van der Waals surface area contributed by atoms with Crippen LogP contribution in [0.15, 0.2) is 24.4 Å². The summed E-state index contributed by atoms with van der Waals surface area (Å²) in [5.74, 6) is 1.81. The van der Waals surface area contributed by atoms with Gasteiger partial charge in [-0.25, -0.2) is 9.67 Å². The van der Waals surface area contributed by atoms with Crippen LogP contribution in [0.4, 0.5) is 0 Å². The van der Waals surface area contributed by atoms with Crippen LogP contribution in [-0.4, -0.2) is 43.4 Å². The minimum absolute atomic E-state index is 0.256. The number of aromatic nitrogens is 6. The Bertz CT molecular complexity index is 863. The molecule has 7 heteroatoms. The van der Waals surface area contributed by atoms with Crippen molar-refractivity contribution in [3.05, 3.63) is 41.3 Å². The SMILES string of the molecule is c1cc2c(cc1-n1nc([C@@H]3CCOC3)nc1-c1cn[nH]n1)CCC2. The van der Waals surface area contributed by atoms with Gasteiger partial charge in [0.05, 0.1) is 18.5 Å². The van der Waals surface area contributed by atoms with Crippen molar-refractivity contribution in [1.82, 2.24) is 30.2 Å². The lowest BCUT2D eigenvalue weighted by molar-refractivity contribution is 0.193. The number of nitrogens with zero attached hydrogens (tertiary/aromatic N) is 5. The Morgan fingerprint density at radius 3 is 3.00 bits per heavy atom. The number of nitrogens with one attached hydrogen (secondary N) is 1. The van der Waals surface area contributed by atoms with Crippen molar-refractivity contribution in [3.8, 4) is 17.2 Å². The molecule has 0 saturated carbocycles. The molecule has 0 amide bonds. The molecule has 2 aliphatic rings. The molecule has 1 aliphatic carbocycles. The summed E-state index contributed by atoms with van der Waals surface area (Å²) in [6.07, 6.45) is 6.19. The fraction of sp³-hybridized carbons (Fsp3) is 0.412. The van der Waals surface area contributed by atoms with Crippen molar-refractivity contribution in [3.63, 3.8) is 0 Å². The number of benzene rings is 1. The molecule has 0 spiro atoms. The van der Waals surface area contributed by atoms with Gasteiger partial charge in [0.25, 0.3) is 0 Å². The highest BCUT2D eigenvalue weighted by Crippen LogP contribution is 2.29. The Labute approximate surface area is 139 Å². The lowest BCUT2D eigenvalue weighted by atomic mass is 10.1. The molecule has 1 aromatic carbocycles. The average molecular weight is 322 g/mol. The molecule has 3 aromatic rings. The fourth-order valence-electron chi connectivity index (χ4n) is 3.58. The predicted molar refractivity (Wildman–Crippen MR) is 86.9 cm³/mol. The van der Waals surface area contributed by atoms with Gasteiger partial charge in [0, 0.05) is 12.5 Å². The van der Waals surface area contributed by atoms with Crippen LogP contribution in [0.3, 0.4) is 0 Å². The molecular formula is C17H18N6O. The summed E-state index contributed by atoms with van der Waals surface area (Å²) >= 11 is 0. The molecule has 1 aliphatic heterocycles. The smallest absolute Gasteiger partial charge is 0.185 e. The Kier molecular flexibility index (Phi) is 3.19. The first-order chi connectivity index (χ1) is 11.9. The van der Waals surface area contributed by atoms with E-state index in [0.29, 0.717) is 12.3 Å². The van der Waals surface area contributed by atoms with Crippen molar-refractivity contribution >= 4 is 0 Å². The van der Waals surface area contributed by atoms with E-state index in [4.69, 9.17) is 14.8 Å². The number of ether oxygens (including phenoxy) is 1. The zero-order chi connectivity index (χ0) is 15.9. The van der Waals surface area contributed by atoms with Crippen molar-refractivity contribution in [2.24, 2.45) is 0 Å². The van der Waals surface area contributed by atoms with Crippen LogP contribution < -0.4 is 0 Å². The van der Waals surface area contributed by atoms with Crippen LogP contribution in [-0.2, 0) is 17.6 Å². The number of aryl methyl sites for hydroxylation is 2. The second-order valence-electron chi connectivity index (χ2n) is 6.43. The molecule has 1 fully saturated rings. The Morgan fingerprint density at radius 1 is 1.21 bits per heavy atom. The number of hydrogen-bond acceptors (Lipinski definition) is 5. The topological polar surface area (TPSA) is 81.5 Å². The summed E-state index contributed by atoms with van der Waals surface area (Å²) in [7, 11) is 0. The van der Waals surface area contributed by atoms with Gasteiger partial charge in [0.15, 0.2) is 11.6 Å². The Balaban J connectivity index is 1.63. The van der Waals surface area contributed by atoms with Crippen LogP contribution in [0.1, 0.15) is 35.7 Å². The van der Waals surface area contributed by atoms with Crippen molar-refractivity contribution < 1.29 is 4.74 Å². The number of hydrogen-bond donors (Lipinski definition) is 1. The molecule has 3 heterocycles. The summed E-state index contributed by atoms with van der Waals surface area (Å²) in [6.45, 7) is 1.46. The Hall–Kier alpha value is -2.54. The largest absolute Gasteiger partial charge is 0.381 e. The molecule has 1 atom stereocenters. The third-order valence-electron chi connectivity index (χ3n) is 4.89. The minimum Gasteiger partial charge on any atom is -0.381 e. The molecule has 122 valence electrons. The highest BCUT2D eigenvalue weighted by molar-refractivity contribution is 5.53. The quantitative estimate of drug-likeness (QED) is 0.798. The standard InChI is InChI=1S/C17H18N6O/c1-2-11-4-5-14(8-12(11)3-1)23-17(15-9-18-22-20-15)19-16(21-23)13-6-7-24-10-13/h4-5,8-9,13H,1-3,6-7,10H2,(H,18,20,22)/t13-/m1/s1. The van der Waals surface area contributed by atoms with Gasteiger partial charge in [-0.3, -0.25) is 0 Å². The van der Waals surface area contributed by atoms with Crippen LogP contribution in [0.25, 0.3) is 17.2 Å². The first-order valence-corrected chi connectivity index (χ1v) is 8.41. The van der Waals surface area contributed by atoms with E-state index < -0.39 is 0 Å². The second kappa shape index (κ2) is 5.52. The number of fused-ring (bicyclic) bond motifs is 1. The third-order valence-corrected chi connectivity index (χ3v) is 4.89. The zero-order valence-corrected chi connectivity index (χ0v) is 13.3. The molecule has 1 saturated heterocycles. The molecule has 1 N–H and O–H groups in total. The summed E-state index contributed by atoms with van der Waals surface area (Å²) in [5.41, 5.74) is 4.60. The number of rotatable bonds is 3. The van der Waals surface area contributed by atoms with Crippen molar-refractivity contribution in [2.45, 2.75) is 31.6 Å². The van der Waals surface area contributed by atoms with E-state index in [1.54, 1.807) is 6.20 Å². The van der Waals surface area contributed by atoms with Crippen molar-refractivity contribution in [2.75, 3.05) is 13.2 Å². The van der Waals surface area contributed by atoms with Crippen LogP contribution in [0.2, 0.25) is 0 Å². The lowest BCUT2D eigenvalue weighted by Crippen LogP contribution is -2.03. The molecular weight excluding hydrogens is 304 g/mol. The fourth-order valence-corrected chi connectivity index (χ4v) is 3.58. The molecule has 0 radical (unpaired) electrons. The normalized spacial score (nSPS) is 19.8. The van der Waals surface area contributed by atoms with Gasteiger partial charge >= 0.3 is 0 Å². The van der Waals surface area contributed by atoms with E-state index in [1.807, 2.05) is 4.68 Å². The van der Waals surface area contributed by atoms with Gasteiger partial charge in [-0.15, -0.1) is 0 Å². The predicted octanol–water partition coefficient (Wildman–Crippen LogP) is 2.04. The third kappa shape index (κ3) is 2.24. The summed E-state index contributed by atoms with van der Waals surface area (Å²) < 4.78 is 7.39. The van der Waals surface area contributed by atoms with Gasteiger partial charge in [0.2, 0.25) is 0 Å². The maximum absolute atomic E-state index is 5.49. The summed E-state index contributed by atoms with van der Waals surface area (Å²) in [6, 6.07) is 6.57. The van der Waals surface area contributed by atoms with Gasteiger partial charge in [0.1, 0.15) is 5.69 Å². The monoisotopic (exact) mass is 322 g/mol. The second-order valence-corrected chi connectivity index (χ2v) is 6.43. The first-order valence-electron chi connectivity index (χ1n) is 8.41. The molecule has 2 aromatic heterocycles. The highest BCUT2D eigenvalue weighted by Gasteiger charge is 2.25. The molecule has 7 nitrogen and oxygen atoms in total. The maximum Gasteiger partial charge on any atom is 0.185 e. The molecule has 0 unspecified atom stereocenters. The highest BCUT2D eigenvalue weighted by atomic mass is 16.5. The maximum atomic E-state index is 5.49. The van der Waals surface area contributed by atoms with Crippen molar-refractivity contribution in [1.29, 1.82) is 0 Å². The molecule has 5 rings (SSSR count). The van der Waals surface area contributed by atoms with Crippen LogP contribution in [0.5, 0.6) is 0 Å². The van der Waals surface area contributed by atoms with Crippen LogP contribution >= 0.6 is 0 Å². The molecule has 0 bridgehead atoms. The van der Waals surface area contributed by atoms with E-state index in [1.165, 1.54) is 24.0 Å².